The van der Waals surface area contributed by atoms with Gasteiger partial charge < -0.3 is 14.8 Å². The molecule has 8 nitrogen and oxygen atoms in total. The minimum Gasteiger partial charge on any atom is -0.493 e. The quantitative estimate of drug-likeness (QED) is 0.416. The third kappa shape index (κ3) is 4.73. The zero-order valence-corrected chi connectivity index (χ0v) is 18.1. The number of benzene rings is 3. The molecule has 0 bridgehead atoms. The summed E-state index contributed by atoms with van der Waals surface area (Å²) in [5.74, 6) is -1.85. The average molecular weight is 461 g/mol. The lowest BCUT2D eigenvalue weighted by atomic mass is 10.1. The molecule has 3 aromatic rings. The first kappa shape index (κ1) is 22.5. The molecule has 3 amide bonds. The van der Waals surface area contributed by atoms with E-state index in [0.717, 1.165) is 5.01 Å². The van der Waals surface area contributed by atoms with Gasteiger partial charge in [0.25, 0.3) is 17.7 Å². The van der Waals surface area contributed by atoms with Gasteiger partial charge in [-0.1, -0.05) is 42.5 Å². The van der Waals surface area contributed by atoms with Gasteiger partial charge in [0.05, 0.1) is 18.5 Å². The van der Waals surface area contributed by atoms with Crippen LogP contribution in [0.25, 0.3) is 6.08 Å². The monoisotopic (exact) mass is 461 g/mol. The van der Waals surface area contributed by atoms with Crippen LogP contribution in [0.2, 0.25) is 0 Å². The average Bonchev–Trinajstić information content (AvgIpc) is 3.13. The van der Waals surface area contributed by atoms with Crippen LogP contribution in [0.5, 0.6) is 11.5 Å². The number of hydrogen-bond donors (Lipinski definition) is 2. The molecule has 0 atom stereocenters. The molecule has 0 saturated carbocycles. The van der Waals surface area contributed by atoms with Crippen LogP contribution >= 0.6 is 0 Å². The molecular weight excluding hydrogens is 441 g/mol. The molecule has 0 radical (unpaired) electrons. The molecule has 1 aliphatic heterocycles. The zero-order chi connectivity index (χ0) is 24.1. The van der Waals surface area contributed by atoms with Crippen molar-refractivity contribution in [3.63, 3.8) is 0 Å². The van der Waals surface area contributed by atoms with Gasteiger partial charge in [-0.15, -0.1) is 0 Å². The smallest absolute Gasteiger partial charge is 0.282 e. The van der Waals surface area contributed by atoms with E-state index in [9.17, 15) is 18.8 Å². The number of carbonyl (C=O) groups is 3. The molecule has 3 aromatic carbocycles. The molecular formula is C25H20FN3O5. The molecule has 0 aromatic heterocycles. The van der Waals surface area contributed by atoms with Gasteiger partial charge in [-0.3, -0.25) is 19.8 Å². The number of nitrogens with one attached hydrogen (secondary N) is 2. The molecule has 1 heterocycles. The fraction of sp³-hybridized carbons (Fsp3) is 0.0800. The molecule has 0 aliphatic carbocycles. The lowest BCUT2D eigenvalue weighted by Crippen LogP contribution is -2.35. The van der Waals surface area contributed by atoms with Crippen LogP contribution in [0.3, 0.4) is 0 Å². The number of hydrogen-bond acceptors (Lipinski definition) is 5. The summed E-state index contributed by atoms with van der Waals surface area (Å²) in [6, 6.07) is 19.3. The summed E-state index contributed by atoms with van der Waals surface area (Å²) in [5.41, 5.74) is 3.30. The second-order valence-electron chi connectivity index (χ2n) is 7.17. The Labute approximate surface area is 194 Å². The number of methoxy groups -OCH3 is 1. The molecule has 4 rings (SSSR count). The molecule has 0 spiro atoms. The van der Waals surface area contributed by atoms with Crippen molar-refractivity contribution in [1.82, 2.24) is 5.43 Å². The fourth-order valence-corrected chi connectivity index (χ4v) is 3.32. The van der Waals surface area contributed by atoms with Crippen molar-refractivity contribution in [3.05, 3.63) is 89.8 Å². The van der Waals surface area contributed by atoms with Crippen molar-refractivity contribution in [2.24, 2.45) is 0 Å². The SMILES string of the molecule is COc1cccc(C=C2C(=O)NN(c3ccccc3)C2=O)c1OCC(=O)Nc1ccccc1F. The molecule has 0 unspecified atom stereocenters. The van der Waals surface area contributed by atoms with Crippen LogP contribution < -0.4 is 25.2 Å². The number of hydrazine groups is 1. The van der Waals surface area contributed by atoms with Crippen molar-refractivity contribution >= 4 is 35.2 Å². The maximum atomic E-state index is 13.8. The number of anilines is 2. The van der Waals surface area contributed by atoms with E-state index in [1.54, 1.807) is 54.6 Å². The van der Waals surface area contributed by atoms with Crippen LogP contribution in [0.15, 0.2) is 78.4 Å². The van der Waals surface area contributed by atoms with Crippen molar-refractivity contribution in [1.29, 1.82) is 0 Å². The highest BCUT2D eigenvalue weighted by Gasteiger charge is 2.34. The Balaban J connectivity index is 1.57. The van der Waals surface area contributed by atoms with E-state index in [4.69, 9.17) is 9.47 Å². The van der Waals surface area contributed by atoms with Crippen molar-refractivity contribution in [3.8, 4) is 11.5 Å². The van der Waals surface area contributed by atoms with Gasteiger partial charge in [0.15, 0.2) is 18.1 Å². The van der Waals surface area contributed by atoms with Crippen LogP contribution in [0.1, 0.15) is 5.56 Å². The summed E-state index contributed by atoms with van der Waals surface area (Å²) < 4.78 is 24.8. The highest BCUT2D eigenvalue weighted by molar-refractivity contribution is 6.31. The molecule has 1 saturated heterocycles. The van der Waals surface area contributed by atoms with Crippen LogP contribution in [-0.2, 0) is 14.4 Å². The maximum absolute atomic E-state index is 13.8. The summed E-state index contributed by atoms with van der Waals surface area (Å²) in [6.07, 6.45) is 1.37. The summed E-state index contributed by atoms with van der Waals surface area (Å²) in [7, 11) is 1.42. The lowest BCUT2D eigenvalue weighted by molar-refractivity contribution is -0.118. The first-order valence-corrected chi connectivity index (χ1v) is 10.2. The van der Waals surface area contributed by atoms with E-state index in [1.807, 2.05) is 0 Å². The van der Waals surface area contributed by atoms with Gasteiger partial charge in [-0.2, -0.15) is 0 Å². The minimum absolute atomic E-state index is 0.0210. The largest absolute Gasteiger partial charge is 0.493 e. The van der Waals surface area contributed by atoms with Gasteiger partial charge in [0.1, 0.15) is 11.4 Å². The van der Waals surface area contributed by atoms with E-state index in [1.165, 1.54) is 31.4 Å². The van der Waals surface area contributed by atoms with Crippen LogP contribution in [0.4, 0.5) is 15.8 Å². The van der Waals surface area contributed by atoms with Crippen LogP contribution in [0, 0.1) is 5.82 Å². The van der Waals surface area contributed by atoms with Crippen molar-refractivity contribution < 1.29 is 28.2 Å². The highest BCUT2D eigenvalue weighted by Crippen LogP contribution is 2.33. The van der Waals surface area contributed by atoms with E-state index < -0.39 is 30.1 Å². The summed E-state index contributed by atoms with van der Waals surface area (Å²) in [6.45, 7) is -0.457. The van der Waals surface area contributed by atoms with E-state index in [-0.39, 0.29) is 17.0 Å². The molecule has 1 aliphatic rings. The summed E-state index contributed by atoms with van der Waals surface area (Å²) in [5, 5.41) is 3.58. The Morgan fingerprint density at radius 3 is 2.50 bits per heavy atom. The van der Waals surface area contributed by atoms with E-state index >= 15 is 0 Å². The van der Waals surface area contributed by atoms with Crippen molar-refractivity contribution in [2.45, 2.75) is 0 Å². The number of para-hydroxylation sites is 3. The third-order valence-electron chi connectivity index (χ3n) is 4.93. The maximum Gasteiger partial charge on any atom is 0.282 e. The highest BCUT2D eigenvalue weighted by atomic mass is 19.1. The number of rotatable bonds is 7. The second-order valence-corrected chi connectivity index (χ2v) is 7.17. The Kier molecular flexibility index (Phi) is 6.54. The Morgan fingerprint density at radius 1 is 1.03 bits per heavy atom. The first-order chi connectivity index (χ1) is 16.5. The molecule has 172 valence electrons. The van der Waals surface area contributed by atoms with Gasteiger partial charge in [0, 0.05) is 5.56 Å². The van der Waals surface area contributed by atoms with E-state index in [2.05, 4.69) is 10.7 Å². The van der Waals surface area contributed by atoms with Crippen LogP contribution in [-0.4, -0.2) is 31.4 Å². The lowest BCUT2D eigenvalue weighted by Gasteiger charge is -2.14. The first-order valence-electron chi connectivity index (χ1n) is 10.2. The number of carbonyl (C=O) groups excluding carboxylic acids is 3. The zero-order valence-electron chi connectivity index (χ0n) is 18.1. The Hall–Kier alpha value is -4.66. The normalized spacial score (nSPS) is 14.2. The molecule has 2 N–H and O–H groups in total. The predicted octanol–water partition coefficient (Wildman–Crippen LogP) is 3.31. The van der Waals surface area contributed by atoms with E-state index in [0.29, 0.717) is 17.0 Å². The van der Waals surface area contributed by atoms with Crippen molar-refractivity contribution in [2.75, 3.05) is 24.0 Å². The molecule has 9 heteroatoms. The Bertz CT molecular complexity index is 1280. The van der Waals surface area contributed by atoms with Gasteiger partial charge in [0.2, 0.25) is 0 Å². The number of ether oxygens (including phenoxy) is 2. The topological polar surface area (TPSA) is 97.0 Å². The number of halogens is 1. The third-order valence-corrected chi connectivity index (χ3v) is 4.93. The number of amides is 3. The predicted molar refractivity (Wildman–Crippen MR) is 124 cm³/mol. The number of nitrogens with zero attached hydrogens (tertiary/aromatic N) is 1. The second kappa shape index (κ2) is 9.86. The Morgan fingerprint density at radius 2 is 1.76 bits per heavy atom. The van der Waals surface area contributed by atoms with Gasteiger partial charge >= 0.3 is 0 Å². The summed E-state index contributed by atoms with van der Waals surface area (Å²) >= 11 is 0. The fourth-order valence-electron chi connectivity index (χ4n) is 3.32. The van der Waals surface area contributed by atoms with Gasteiger partial charge in [-0.05, 0) is 36.4 Å². The molecule has 1 fully saturated rings. The summed E-state index contributed by atoms with van der Waals surface area (Å²) in [4.78, 5) is 37.7. The minimum atomic E-state index is -0.598. The molecule has 34 heavy (non-hydrogen) atoms. The standard InChI is InChI=1S/C25H20FN3O5/c1-33-21-13-7-8-16(23(21)34-15-22(30)27-20-12-6-5-11-19(20)26)14-18-24(31)28-29(25(18)32)17-9-3-2-4-10-17/h2-14H,15H2,1H3,(H,27,30)(H,28,31). The van der Waals surface area contributed by atoms with Gasteiger partial charge in [-0.25, -0.2) is 9.40 Å².